The molecule has 1 amide bonds. The molecule has 0 unspecified atom stereocenters. The third kappa shape index (κ3) is 8.44. The zero-order valence-electron chi connectivity index (χ0n) is 26.8. The average molecular weight is 809 g/mol. The number of nitrogens with one attached hydrogen (secondary N) is 1. The van der Waals surface area contributed by atoms with Crippen LogP contribution in [0.4, 0.5) is 11.4 Å². The van der Waals surface area contributed by atoms with Crippen LogP contribution in [0.1, 0.15) is 42.9 Å². The lowest BCUT2D eigenvalue weighted by atomic mass is 10.0. The van der Waals surface area contributed by atoms with Crippen molar-refractivity contribution in [3.05, 3.63) is 126 Å². The van der Waals surface area contributed by atoms with E-state index in [4.69, 9.17) is 60.6 Å². The van der Waals surface area contributed by atoms with Crippen molar-refractivity contribution in [2.75, 3.05) is 30.4 Å². The van der Waals surface area contributed by atoms with Crippen molar-refractivity contribution in [1.29, 1.82) is 0 Å². The maximum absolute atomic E-state index is 13.8. The molecule has 0 fully saturated rings. The SMILES string of the molecule is CCOc1ccc(N(C)S(=O)(=O)c2cc(Cl)sc2C(=O)Nc2cc(Cl)cc(C(=O)Oc3cc(Cl)c(C(=O)c4ccccc4)c(Cl)c3)c2)cc1OC. The van der Waals surface area contributed by atoms with Crippen molar-refractivity contribution in [2.24, 2.45) is 0 Å². The highest BCUT2D eigenvalue weighted by Gasteiger charge is 2.31. The molecule has 0 aliphatic rings. The maximum atomic E-state index is 13.8. The van der Waals surface area contributed by atoms with Crippen molar-refractivity contribution in [3.63, 3.8) is 0 Å². The number of nitrogens with zero attached hydrogens (tertiary/aromatic N) is 1. The zero-order valence-corrected chi connectivity index (χ0v) is 31.5. The van der Waals surface area contributed by atoms with Crippen LogP contribution >= 0.6 is 57.7 Å². The van der Waals surface area contributed by atoms with Gasteiger partial charge in [-0.3, -0.25) is 13.9 Å². The fraction of sp³-hybridized carbons (Fsp3) is 0.114. The van der Waals surface area contributed by atoms with E-state index in [9.17, 15) is 22.8 Å². The number of rotatable bonds is 12. The van der Waals surface area contributed by atoms with E-state index in [2.05, 4.69) is 5.32 Å². The molecule has 0 aliphatic carbocycles. The Bertz CT molecular complexity index is 2240. The fourth-order valence-electron chi connectivity index (χ4n) is 4.80. The first-order valence-electron chi connectivity index (χ1n) is 14.8. The monoisotopic (exact) mass is 806 g/mol. The molecule has 10 nitrogen and oxygen atoms in total. The van der Waals surface area contributed by atoms with Gasteiger partial charge in [-0.05, 0) is 43.3 Å². The molecular weight excluding hydrogens is 782 g/mol. The second kappa shape index (κ2) is 15.9. The Hall–Kier alpha value is -4.30. The predicted octanol–water partition coefficient (Wildman–Crippen LogP) is 9.30. The molecule has 1 N–H and O–H groups in total. The van der Waals surface area contributed by atoms with Gasteiger partial charge in [0.1, 0.15) is 15.5 Å². The fourth-order valence-corrected chi connectivity index (χ4v) is 8.55. The number of hydrogen-bond acceptors (Lipinski definition) is 9. The smallest absolute Gasteiger partial charge is 0.343 e. The van der Waals surface area contributed by atoms with E-state index >= 15 is 0 Å². The highest BCUT2D eigenvalue weighted by Crippen LogP contribution is 2.37. The molecule has 51 heavy (non-hydrogen) atoms. The van der Waals surface area contributed by atoms with E-state index in [1.54, 1.807) is 43.3 Å². The Morgan fingerprint density at radius 3 is 2.18 bits per heavy atom. The number of anilines is 2. The Kier molecular flexibility index (Phi) is 11.9. The van der Waals surface area contributed by atoms with Crippen LogP contribution in [0.5, 0.6) is 17.2 Å². The van der Waals surface area contributed by atoms with Gasteiger partial charge in [0.25, 0.3) is 15.9 Å². The minimum Gasteiger partial charge on any atom is -0.493 e. The molecule has 0 spiro atoms. The lowest BCUT2D eigenvalue weighted by Gasteiger charge is -2.21. The van der Waals surface area contributed by atoms with E-state index in [-0.39, 0.29) is 57.4 Å². The summed E-state index contributed by atoms with van der Waals surface area (Å²) < 4.78 is 44.9. The summed E-state index contributed by atoms with van der Waals surface area (Å²) in [5.74, 6) is -1.44. The van der Waals surface area contributed by atoms with Gasteiger partial charge in [0.05, 0.1) is 44.9 Å². The van der Waals surface area contributed by atoms with Gasteiger partial charge in [0, 0.05) is 41.5 Å². The molecule has 0 aliphatic heterocycles. The molecular formula is C35H26Cl4N2O8S2. The zero-order chi connectivity index (χ0) is 37.0. The third-order valence-corrected chi connectivity index (χ3v) is 11.2. The number of ketones is 1. The quantitative estimate of drug-likeness (QED) is 0.0751. The number of benzene rings is 4. The minimum atomic E-state index is -4.33. The van der Waals surface area contributed by atoms with Gasteiger partial charge < -0.3 is 19.5 Å². The Balaban J connectivity index is 1.36. The van der Waals surface area contributed by atoms with Crippen molar-refractivity contribution in [1.82, 2.24) is 0 Å². The van der Waals surface area contributed by atoms with Gasteiger partial charge in [-0.1, -0.05) is 76.7 Å². The first-order valence-corrected chi connectivity index (χ1v) is 18.5. The molecule has 0 saturated heterocycles. The first-order chi connectivity index (χ1) is 24.2. The largest absolute Gasteiger partial charge is 0.493 e. The van der Waals surface area contributed by atoms with Gasteiger partial charge >= 0.3 is 5.97 Å². The molecule has 1 aromatic heterocycles. The van der Waals surface area contributed by atoms with Crippen LogP contribution in [0.2, 0.25) is 19.4 Å². The van der Waals surface area contributed by atoms with Crippen LogP contribution in [-0.4, -0.2) is 46.8 Å². The number of methoxy groups -OCH3 is 1. The Morgan fingerprint density at radius 1 is 0.843 bits per heavy atom. The van der Waals surface area contributed by atoms with E-state index < -0.39 is 27.7 Å². The number of amides is 1. The summed E-state index contributed by atoms with van der Waals surface area (Å²) in [6.07, 6.45) is 0. The van der Waals surface area contributed by atoms with Crippen LogP contribution < -0.4 is 23.8 Å². The number of carbonyl (C=O) groups is 3. The van der Waals surface area contributed by atoms with Crippen molar-refractivity contribution >= 4 is 96.8 Å². The van der Waals surface area contributed by atoms with Gasteiger partial charge in [0.15, 0.2) is 17.3 Å². The van der Waals surface area contributed by atoms with Gasteiger partial charge in [-0.15, -0.1) is 11.3 Å². The second-order valence-electron chi connectivity index (χ2n) is 10.5. The topological polar surface area (TPSA) is 128 Å². The average Bonchev–Trinajstić information content (AvgIpc) is 3.50. The molecule has 5 aromatic rings. The number of esters is 1. The van der Waals surface area contributed by atoms with Crippen molar-refractivity contribution in [3.8, 4) is 17.2 Å². The molecule has 5 rings (SSSR count). The van der Waals surface area contributed by atoms with Crippen molar-refractivity contribution < 1.29 is 37.0 Å². The number of sulfonamides is 1. The summed E-state index contributed by atoms with van der Waals surface area (Å²) in [5.41, 5.74) is 0.626. The van der Waals surface area contributed by atoms with E-state index in [1.807, 2.05) is 0 Å². The molecule has 264 valence electrons. The summed E-state index contributed by atoms with van der Waals surface area (Å²) in [6.45, 7) is 2.18. The highest BCUT2D eigenvalue weighted by molar-refractivity contribution is 7.93. The highest BCUT2D eigenvalue weighted by atomic mass is 35.5. The van der Waals surface area contributed by atoms with Crippen LogP contribution in [0, 0.1) is 0 Å². The summed E-state index contributed by atoms with van der Waals surface area (Å²) in [6, 6.07) is 20.7. The molecule has 0 atom stereocenters. The van der Waals surface area contributed by atoms with Crippen LogP contribution in [0.25, 0.3) is 0 Å². The summed E-state index contributed by atoms with van der Waals surface area (Å²) in [7, 11) is -1.58. The van der Waals surface area contributed by atoms with Crippen LogP contribution in [-0.2, 0) is 10.0 Å². The lowest BCUT2D eigenvalue weighted by Crippen LogP contribution is -2.28. The molecule has 0 saturated carbocycles. The van der Waals surface area contributed by atoms with Gasteiger partial charge in [-0.25, -0.2) is 13.2 Å². The Labute approximate surface area is 317 Å². The standard InChI is InChI=1S/C35H26Cl4N2O8S2/c1-4-48-27-11-10-23(15-28(27)47-3)41(2)51(45,46)29-18-30(39)50-33(29)34(43)40-22-13-20(12-21(36)14-22)35(44)49-24-16-25(37)31(26(38)17-24)32(42)19-8-6-5-7-9-19/h5-18H,4H2,1-3H3,(H,40,43). The number of ether oxygens (including phenoxy) is 3. The number of carbonyl (C=O) groups excluding carboxylic acids is 3. The molecule has 1 heterocycles. The summed E-state index contributed by atoms with van der Waals surface area (Å²) in [4.78, 5) is 39.1. The molecule has 0 bridgehead atoms. The van der Waals surface area contributed by atoms with Gasteiger partial charge in [0.2, 0.25) is 0 Å². The Morgan fingerprint density at radius 2 is 1.53 bits per heavy atom. The molecule has 0 radical (unpaired) electrons. The predicted molar refractivity (Wildman–Crippen MR) is 200 cm³/mol. The van der Waals surface area contributed by atoms with E-state index in [0.717, 1.165) is 15.6 Å². The van der Waals surface area contributed by atoms with E-state index in [1.165, 1.54) is 62.7 Å². The number of hydrogen-bond donors (Lipinski definition) is 1. The van der Waals surface area contributed by atoms with Gasteiger partial charge in [-0.2, -0.15) is 0 Å². The lowest BCUT2D eigenvalue weighted by molar-refractivity contribution is 0.0734. The van der Waals surface area contributed by atoms with Crippen LogP contribution in [0.3, 0.4) is 0 Å². The number of halogens is 4. The normalized spacial score (nSPS) is 11.1. The summed E-state index contributed by atoms with van der Waals surface area (Å²) in [5, 5.41) is 2.56. The number of thiophene rings is 1. The third-order valence-electron chi connectivity index (χ3n) is 7.20. The van der Waals surface area contributed by atoms with E-state index in [0.29, 0.717) is 23.7 Å². The maximum Gasteiger partial charge on any atom is 0.343 e. The minimum absolute atomic E-state index is 0.0362. The van der Waals surface area contributed by atoms with Crippen LogP contribution in [0.15, 0.2) is 89.8 Å². The first kappa shape index (κ1) is 37.9. The van der Waals surface area contributed by atoms with Crippen molar-refractivity contribution in [2.45, 2.75) is 11.8 Å². The second-order valence-corrected chi connectivity index (χ2v) is 15.4. The molecule has 4 aromatic carbocycles. The molecule has 16 heteroatoms. The summed E-state index contributed by atoms with van der Waals surface area (Å²) >= 11 is 26.0.